The van der Waals surface area contributed by atoms with Crippen LogP contribution in [0.25, 0.3) is 10.9 Å². The summed E-state index contributed by atoms with van der Waals surface area (Å²) in [5.41, 5.74) is 2.58. The maximum Gasteiger partial charge on any atom is 0.254 e. The van der Waals surface area contributed by atoms with Crippen molar-refractivity contribution in [2.45, 2.75) is 25.3 Å². The number of para-hydroxylation sites is 2. The van der Waals surface area contributed by atoms with E-state index in [2.05, 4.69) is 16.0 Å². The van der Waals surface area contributed by atoms with E-state index in [1.165, 1.54) is 0 Å². The lowest BCUT2D eigenvalue weighted by Crippen LogP contribution is -2.68. The van der Waals surface area contributed by atoms with E-state index in [-0.39, 0.29) is 24.3 Å². The van der Waals surface area contributed by atoms with Crippen LogP contribution in [-0.2, 0) is 19.9 Å². The molecule has 2 atom stereocenters. The third-order valence-electron chi connectivity index (χ3n) is 8.50. The summed E-state index contributed by atoms with van der Waals surface area (Å²) < 4.78 is 17.2. The standard InChI is InChI=1S/C30H36N4O5/c1-4-39-27-20(9-7-11-24(27)37-3)22-18-34-25(35)19-33(13-12-32-14-16-38-17-15-32)29(36)30(34,2)28-26(22)21-8-5-6-10-23(21)31-28/h5-11,22,31H,4,12-19H2,1-3H3. The molecular formula is C30H36N4O5. The summed E-state index contributed by atoms with van der Waals surface area (Å²) in [4.78, 5) is 37.5. The molecule has 1 N–H and O–H groups in total. The van der Waals surface area contributed by atoms with Crippen molar-refractivity contribution < 1.29 is 23.8 Å². The molecule has 0 radical (unpaired) electrons. The molecule has 0 spiro atoms. The molecule has 0 aliphatic carbocycles. The number of hydrogen-bond acceptors (Lipinski definition) is 6. The van der Waals surface area contributed by atoms with Gasteiger partial charge in [0.25, 0.3) is 5.91 Å². The fourth-order valence-electron chi connectivity index (χ4n) is 6.49. The molecule has 3 aliphatic heterocycles. The van der Waals surface area contributed by atoms with Gasteiger partial charge < -0.3 is 29.0 Å². The van der Waals surface area contributed by atoms with Crippen molar-refractivity contribution in [3.63, 3.8) is 0 Å². The highest BCUT2D eigenvalue weighted by Gasteiger charge is 2.56. The van der Waals surface area contributed by atoms with E-state index >= 15 is 0 Å². The third-order valence-corrected chi connectivity index (χ3v) is 8.50. The number of carbonyl (C=O) groups excluding carboxylic acids is 2. The molecule has 9 heteroatoms. The summed E-state index contributed by atoms with van der Waals surface area (Å²) in [6, 6.07) is 14.0. The Labute approximate surface area is 228 Å². The molecule has 6 rings (SSSR count). The average molecular weight is 533 g/mol. The van der Waals surface area contributed by atoms with E-state index in [9.17, 15) is 9.59 Å². The highest BCUT2D eigenvalue weighted by molar-refractivity contribution is 6.01. The van der Waals surface area contributed by atoms with Crippen molar-refractivity contribution in [1.29, 1.82) is 0 Å². The van der Waals surface area contributed by atoms with Gasteiger partial charge in [0, 0.05) is 55.1 Å². The number of piperazine rings is 1. The van der Waals surface area contributed by atoms with Crippen LogP contribution in [0, 0.1) is 0 Å². The molecule has 3 aromatic rings. The number of benzene rings is 2. The van der Waals surface area contributed by atoms with Gasteiger partial charge in [-0.1, -0.05) is 30.3 Å². The summed E-state index contributed by atoms with van der Waals surface area (Å²) in [5.74, 6) is 1.04. The number of aromatic amines is 1. The highest BCUT2D eigenvalue weighted by atomic mass is 16.5. The fraction of sp³-hybridized carbons (Fsp3) is 0.467. The van der Waals surface area contributed by atoms with Gasteiger partial charge in [0.1, 0.15) is 0 Å². The van der Waals surface area contributed by atoms with Crippen LogP contribution in [0.5, 0.6) is 11.5 Å². The van der Waals surface area contributed by atoms with Crippen molar-refractivity contribution in [2.75, 3.05) is 66.2 Å². The molecule has 206 valence electrons. The third kappa shape index (κ3) is 4.15. The van der Waals surface area contributed by atoms with E-state index in [0.29, 0.717) is 44.4 Å². The van der Waals surface area contributed by atoms with E-state index in [1.54, 1.807) is 16.9 Å². The van der Waals surface area contributed by atoms with Crippen molar-refractivity contribution in [3.05, 3.63) is 59.3 Å². The molecule has 2 saturated heterocycles. The second-order valence-corrected chi connectivity index (χ2v) is 10.6. The van der Waals surface area contributed by atoms with E-state index in [1.807, 2.05) is 50.2 Å². The smallest absolute Gasteiger partial charge is 0.254 e. The number of methoxy groups -OCH3 is 1. The quantitative estimate of drug-likeness (QED) is 0.504. The predicted molar refractivity (Wildman–Crippen MR) is 147 cm³/mol. The molecule has 0 saturated carbocycles. The molecule has 4 heterocycles. The number of rotatable bonds is 7. The molecular weight excluding hydrogens is 496 g/mol. The van der Waals surface area contributed by atoms with Gasteiger partial charge in [-0.05, 0) is 31.5 Å². The number of amides is 2. The maximum absolute atomic E-state index is 14.3. The predicted octanol–water partition coefficient (Wildman–Crippen LogP) is 2.94. The van der Waals surface area contributed by atoms with Gasteiger partial charge in [-0.3, -0.25) is 14.5 Å². The van der Waals surface area contributed by atoms with Crippen molar-refractivity contribution in [1.82, 2.24) is 19.7 Å². The fourth-order valence-corrected chi connectivity index (χ4v) is 6.49. The molecule has 2 aromatic carbocycles. The Kier molecular flexibility index (Phi) is 6.72. The summed E-state index contributed by atoms with van der Waals surface area (Å²) >= 11 is 0. The molecule has 1 aromatic heterocycles. The van der Waals surface area contributed by atoms with Gasteiger partial charge >= 0.3 is 0 Å². The van der Waals surface area contributed by atoms with Gasteiger partial charge in [0.05, 0.1) is 39.2 Å². The zero-order valence-corrected chi connectivity index (χ0v) is 22.9. The zero-order valence-electron chi connectivity index (χ0n) is 22.9. The van der Waals surface area contributed by atoms with Crippen LogP contribution in [0.1, 0.15) is 36.6 Å². The van der Waals surface area contributed by atoms with Gasteiger partial charge in [-0.15, -0.1) is 0 Å². The Balaban J connectivity index is 1.45. The Bertz CT molecular complexity index is 1400. The number of nitrogens with zero attached hydrogens (tertiary/aromatic N) is 3. The van der Waals surface area contributed by atoms with Gasteiger partial charge in [-0.2, -0.15) is 0 Å². The van der Waals surface area contributed by atoms with Crippen LogP contribution in [0.3, 0.4) is 0 Å². The number of carbonyl (C=O) groups is 2. The number of hydrogen-bond donors (Lipinski definition) is 1. The summed E-state index contributed by atoms with van der Waals surface area (Å²) in [6.45, 7) is 9.11. The second-order valence-electron chi connectivity index (χ2n) is 10.6. The largest absolute Gasteiger partial charge is 0.493 e. The molecule has 2 amide bonds. The SMILES string of the molecule is CCOc1c(OC)cccc1C1CN2C(=O)CN(CCN3CCOCC3)C(=O)C2(C)c2[nH]c3ccccc3c21. The van der Waals surface area contributed by atoms with E-state index < -0.39 is 5.54 Å². The van der Waals surface area contributed by atoms with Crippen molar-refractivity contribution in [2.24, 2.45) is 0 Å². The van der Waals surface area contributed by atoms with Crippen LogP contribution in [-0.4, -0.2) is 97.7 Å². The van der Waals surface area contributed by atoms with Crippen LogP contribution in [0.4, 0.5) is 0 Å². The molecule has 39 heavy (non-hydrogen) atoms. The normalized spacial score (nSPS) is 23.6. The minimum absolute atomic E-state index is 0.0442. The minimum Gasteiger partial charge on any atom is -0.493 e. The lowest BCUT2D eigenvalue weighted by Gasteiger charge is -2.51. The monoisotopic (exact) mass is 532 g/mol. The Morgan fingerprint density at radius 2 is 1.87 bits per heavy atom. The number of morpholine rings is 1. The molecule has 0 bridgehead atoms. The summed E-state index contributed by atoms with van der Waals surface area (Å²) in [5, 5.41) is 1.05. The number of nitrogens with one attached hydrogen (secondary N) is 1. The van der Waals surface area contributed by atoms with Crippen LogP contribution >= 0.6 is 0 Å². The van der Waals surface area contributed by atoms with Crippen molar-refractivity contribution >= 4 is 22.7 Å². The number of aromatic nitrogens is 1. The zero-order chi connectivity index (χ0) is 27.1. The molecule has 3 aliphatic rings. The van der Waals surface area contributed by atoms with Crippen LogP contribution < -0.4 is 9.47 Å². The topological polar surface area (TPSA) is 87.3 Å². The summed E-state index contributed by atoms with van der Waals surface area (Å²) in [6.07, 6.45) is 0. The summed E-state index contributed by atoms with van der Waals surface area (Å²) in [7, 11) is 1.63. The minimum atomic E-state index is -1.13. The first-order valence-corrected chi connectivity index (χ1v) is 13.8. The lowest BCUT2D eigenvalue weighted by atomic mass is 9.76. The Morgan fingerprint density at radius 1 is 1.08 bits per heavy atom. The van der Waals surface area contributed by atoms with Gasteiger partial charge in [0.15, 0.2) is 17.0 Å². The van der Waals surface area contributed by atoms with E-state index in [4.69, 9.17) is 14.2 Å². The molecule has 2 unspecified atom stereocenters. The Morgan fingerprint density at radius 3 is 2.64 bits per heavy atom. The first kappa shape index (κ1) is 25.7. The Hall–Kier alpha value is -3.56. The van der Waals surface area contributed by atoms with Gasteiger partial charge in [-0.25, -0.2) is 0 Å². The first-order chi connectivity index (χ1) is 19.0. The average Bonchev–Trinajstić information content (AvgIpc) is 3.36. The van der Waals surface area contributed by atoms with E-state index in [0.717, 1.165) is 47.4 Å². The molecule has 2 fully saturated rings. The van der Waals surface area contributed by atoms with Crippen LogP contribution in [0.2, 0.25) is 0 Å². The number of fused-ring (bicyclic) bond motifs is 5. The maximum atomic E-state index is 14.3. The second kappa shape index (κ2) is 10.2. The highest BCUT2D eigenvalue weighted by Crippen LogP contribution is 2.50. The lowest BCUT2D eigenvalue weighted by molar-refractivity contribution is -0.166. The molecule has 9 nitrogen and oxygen atoms in total. The van der Waals surface area contributed by atoms with Crippen molar-refractivity contribution in [3.8, 4) is 11.5 Å². The van der Waals surface area contributed by atoms with Gasteiger partial charge in [0.2, 0.25) is 5.91 Å². The number of ether oxygens (including phenoxy) is 3. The number of H-pyrrole nitrogens is 1. The van der Waals surface area contributed by atoms with Crippen LogP contribution in [0.15, 0.2) is 42.5 Å². The first-order valence-electron chi connectivity index (χ1n) is 13.8.